The fraction of sp³-hybridized carbons (Fsp3) is 0.500. The molecule has 0 radical (unpaired) electrons. The van der Waals surface area contributed by atoms with Crippen LogP contribution in [0.4, 0.5) is 5.82 Å². The lowest BCUT2D eigenvalue weighted by molar-refractivity contribution is 0.0952. The maximum absolute atomic E-state index is 11.9. The zero-order valence-corrected chi connectivity index (χ0v) is 16.5. The highest BCUT2D eigenvalue weighted by Gasteiger charge is 2.26. The number of pyridine rings is 1. The van der Waals surface area contributed by atoms with Gasteiger partial charge in [-0.25, -0.2) is 9.97 Å². The zero-order valence-electron chi connectivity index (χ0n) is 16.5. The SMILES string of the molecule is CCc1ccc(CN[C@@H]2CCN(c3nc(C(=O)NC)nc(C)c3C)C2)cn1. The summed E-state index contributed by atoms with van der Waals surface area (Å²) in [5.41, 5.74) is 4.19. The first-order valence-electron chi connectivity index (χ1n) is 9.51. The van der Waals surface area contributed by atoms with Crippen LogP contribution in [0.2, 0.25) is 0 Å². The molecule has 1 fully saturated rings. The van der Waals surface area contributed by atoms with E-state index in [-0.39, 0.29) is 11.7 Å². The molecule has 27 heavy (non-hydrogen) atoms. The van der Waals surface area contributed by atoms with Crippen LogP contribution < -0.4 is 15.5 Å². The van der Waals surface area contributed by atoms with Crippen LogP contribution in [0.25, 0.3) is 0 Å². The third-order valence-electron chi connectivity index (χ3n) is 5.12. The Morgan fingerprint density at radius 3 is 2.78 bits per heavy atom. The first kappa shape index (κ1) is 19.2. The Morgan fingerprint density at radius 1 is 1.30 bits per heavy atom. The lowest BCUT2D eigenvalue weighted by atomic mass is 10.2. The molecule has 3 heterocycles. The van der Waals surface area contributed by atoms with Crippen LogP contribution in [-0.4, -0.2) is 47.0 Å². The van der Waals surface area contributed by atoms with Crippen molar-refractivity contribution < 1.29 is 4.79 Å². The average Bonchev–Trinajstić information content (AvgIpc) is 3.16. The van der Waals surface area contributed by atoms with Crippen molar-refractivity contribution in [1.29, 1.82) is 0 Å². The number of hydrogen-bond acceptors (Lipinski definition) is 6. The van der Waals surface area contributed by atoms with Crippen LogP contribution in [0.3, 0.4) is 0 Å². The van der Waals surface area contributed by atoms with Gasteiger partial charge in [0.15, 0.2) is 0 Å². The second-order valence-electron chi connectivity index (χ2n) is 6.98. The van der Waals surface area contributed by atoms with Gasteiger partial charge in [0, 0.05) is 55.9 Å². The van der Waals surface area contributed by atoms with Crippen molar-refractivity contribution in [2.45, 2.75) is 46.2 Å². The van der Waals surface area contributed by atoms with Crippen LogP contribution in [0.1, 0.15) is 46.5 Å². The van der Waals surface area contributed by atoms with Crippen LogP contribution >= 0.6 is 0 Å². The number of anilines is 1. The van der Waals surface area contributed by atoms with Gasteiger partial charge in [0.2, 0.25) is 5.82 Å². The Kier molecular flexibility index (Phi) is 6.01. The third kappa shape index (κ3) is 4.42. The molecule has 0 aromatic carbocycles. The largest absolute Gasteiger partial charge is 0.355 e. The molecule has 7 nitrogen and oxygen atoms in total. The first-order chi connectivity index (χ1) is 13.0. The molecule has 144 valence electrons. The highest BCUT2D eigenvalue weighted by Crippen LogP contribution is 2.24. The maximum Gasteiger partial charge on any atom is 0.288 e. The van der Waals surface area contributed by atoms with Crippen molar-refractivity contribution in [3.63, 3.8) is 0 Å². The molecule has 7 heteroatoms. The summed E-state index contributed by atoms with van der Waals surface area (Å²) in [6.45, 7) is 8.63. The molecule has 1 aliphatic rings. The lowest BCUT2D eigenvalue weighted by Gasteiger charge is -2.21. The van der Waals surface area contributed by atoms with Crippen molar-refractivity contribution in [1.82, 2.24) is 25.6 Å². The molecule has 3 rings (SSSR count). The summed E-state index contributed by atoms with van der Waals surface area (Å²) in [7, 11) is 1.60. The zero-order chi connectivity index (χ0) is 19.4. The monoisotopic (exact) mass is 368 g/mol. The van der Waals surface area contributed by atoms with Crippen LogP contribution in [-0.2, 0) is 13.0 Å². The minimum atomic E-state index is -0.253. The van der Waals surface area contributed by atoms with E-state index in [9.17, 15) is 4.79 Å². The van der Waals surface area contributed by atoms with E-state index in [1.54, 1.807) is 7.05 Å². The van der Waals surface area contributed by atoms with Crippen molar-refractivity contribution in [2.24, 2.45) is 0 Å². The maximum atomic E-state index is 11.9. The van der Waals surface area contributed by atoms with E-state index in [1.807, 2.05) is 20.0 Å². The summed E-state index contributed by atoms with van der Waals surface area (Å²) >= 11 is 0. The van der Waals surface area contributed by atoms with Crippen LogP contribution in [0, 0.1) is 13.8 Å². The molecule has 0 unspecified atom stereocenters. The van der Waals surface area contributed by atoms with Gasteiger partial charge in [-0.15, -0.1) is 0 Å². The number of rotatable bonds is 6. The Bertz CT molecular complexity index is 805. The first-order valence-corrected chi connectivity index (χ1v) is 9.51. The number of nitrogens with zero attached hydrogens (tertiary/aromatic N) is 4. The Balaban J connectivity index is 1.65. The van der Waals surface area contributed by atoms with E-state index in [0.29, 0.717) is 6.04 Å². The molecule has 1 saturated heterocycles. The van der Waals surface area contributed by atoms with Gasteiger partial charge in [0.25, 0.3) is 5.91 Å². The summed E-state index contributed by atoms with van der Waals surface area (Å²) in [6.07, 6.45) is 3.95. The molecule has 2 aromatic heterocycles. The summed E-state index contributed by atoms with van der Waals surface area (Å²) in [5.74, 6) is 0.838. The van der Waals surface area contributed by atoms with E-state index >= 15 is 0 Å². The molecule has 1 atom stereocenters. The van der Waals surface area contributed by atoms with Gasteiger partial charge in [-0.2, -0.15) is 0 Å². The molecule has 1 aliphatic heterocycles. The fourth-order valence-corrected chi connectivity index (χ4v) is 3.29. The minimum Gasteiger partial charge on any atom is -0.355 e. The predicted molar refractivity (Wildman–Crippen MR) is 106 cm³/mol. The van der Waals surface area contributed by atoms with Gasteiger partial charge in [0.05, 0.1) is 0 Å². The highest BCUT2D eigenvalue weighted by atomic mass is 16.2. The second kappa shape index (κ2) is 8.43. The van der Waals surface area contributed by atoms with Crippen molar-refractivity contribution >= 4 is 11.7 Å². The highest BCUT2D eigenvalue weighted by molar-refractivity contribution is 5.90. The van der Waals surface area contributed by atoms with Crippen molar-refractivity contribution in [3.05, 3.63) is 46.7 Å². The number of aryl methyl sites for hydroxylation is 2. The normalized spacial score (nSPS) is 16.6. The molecular formula is C20H28N6O. The van der Waals surface area contributed by atoms with E-state index in [2.05, 4.69) is 49.5 Å². The molecule has 0 aliphatic carbocycles. The Morgan fingerprint density at radius 2 is 2.11 bits per heavy atom. The number of aromatic nitrogens is 3. The molecule has 0 spiro atoms. The minimum absolute atomic E-state index is 0.231. The molecule has 0 saturated carbocycles. The van der Waals surface area contributed by atoms with E-state index in [4.69, 9.17) is 0 Å². The molecular weight excluding hydrogens is 340 g/mol. The quantitative estimate of drug-likeness (QED) is 0.809. The topological polar surface area (TPSA) is 83.0 Å². The van der Waals surface area contributed by atoms with Gasteiger partial charge in [-0.3, -0.25) is 9.78 Å². The van der Waals surface area contributed by atoms with Gasteiger partial charge < -0.3 is 15.5 Å². The predicted octanol–water partition coefficient (Wildman–Crippen LogP) is 1.78. The van der Waals surface area contributed by atoms with E-state index in [0.717, 1.165) is 55.2 Å². The number of hydrogen-bond donors (Lipinski definition) is 2. The second-order valence-corrected chi connectivity index (χ2v) is 6.98. The molecule has 0 bridgehead atoms. The van der Waals surface area contributed by atoms with Gasteiger partial charge in [-0.1, -0.05) is 13.0 Å². The average molecular weight is 368 g/mol. The third-order valence-corrected chi connectivity index (χ3v) is 5.12. The Labute approximate surface area is 160 Å². The van der Waals surface area contributed by atoms with Crippen LogP contribution in [0.15, 0.2) is 18.3 Å². The van der Waals surface area contributed by atoms with Gasteiger partial charge in [-0.05, 0) is 38.3 Å². The number of amides is 1. The molecule has 2 N–H and O–H groups in total. The van der Waals surface area contributed by atoms with E-state index in [1.165, 1.54) is 5.56 Å². The lowest BCUT2D eigenvalue weighted by Crippen LogP contribution is -2.33. The van der Waals surface area contributed by atoms with Crippen molar-refractivity contribution in [3.8, 4) is 0 Å². The van der Waals surface area contributed by atoms with E-state index < -0.39 is 0 Å². The van der Waals surface area contributed by atoms with Gasteiger partial charge >= 0.3 is 0 Å². The number of nitrogens with one attached hydrogen (secondary N) is 2. The fourth-order valence-electron chi connectivity index (χ4n) is 3.29. The molecule has 2 aromatic rings. The smallest absolute Gasteiger partial charge is 0.288 e. The molecule has 1 amide bonds. The summed E-state index contributed by atoms with van der Waals surface area (Å²) in [6, 6.07) is 4.61. The standard InChI is InChI=1S/C20H28N6O/c1-5-16-7-6-15(10-22-16)11-23-17-8-9-26(12-17)19-13(2)14(3)24-18(25-19)20(27)21-4/h6-7,10,17,23H,5,8-9,11-12H2,1-4H3,(H,21,27)/t17-/m1/s1. The van der Waals surface area contributed by atoms with Gasteiger partial charge in [0.1, 0.15) is 5.82 Å². The van der Waals surface area contributed by atoms with Crippen LogP contribution in [0.5, 0.6) is 0 Å². The summed E-state index contributed by atoms with van der Waals surface area (Å²) in [4.78, 5) is 27.5. The summed E-state index contributed by atoms with van der Waals surface area (Å²) in [5, 5.41) is 6.21. The summed E-state index contributed by atoms with van der Waals surface area (Å²) < 4.78 is 0. The number of carbonyl (C=O) groups excluding carboxylic acids is 1. The Hall–Kier alpha value is -2.54. The van der Waals surface area contributed by atoms with Crippen molar-refractivity contribution in [2.75, 3.05) is 25.0 Å². The number of carbonyl (C=O) groups is 1.